The molecule has 0 atom stereocenters. The number of halogens is 1. The van der Waals surface area contributed by atoms with Crippen LogP contribution in [-0.4, -0.2) is 10.9 Å². The second kappa shape index (κ2) is 5.69. The molecule has 0 saturated heterocycles. The minimum absolute atomic E-state index is 0.336. The number of oxazole rings is 1. The van der Waals surface area contributed by atoms with Gasteiger partial charge >= 0.3 is 5.76 Å². The number of anilines is 1. The van der Waals surface area contributed by atoms with Crippen molar-refractivity contribution in [2.45, 2.75) is 0 Å². The molecule has 0 spiro atoms. The third-order valence-corrected chi connectivity index (χ3v) is 3.01. The Labute approximate surface area is 124 Å². The normalized spacial score (nSPS) is 11.1. The quantitative estimate of drug-likeness (QED) is 0.730. The van der Waals surface area contributed by atoms with Crippen molar-refractivity contribution in [3.63, 3.8) is 0 Å². The summed E-state index contributed by atoms with van der Waals surface area (Å²) in [6.07, 6.45) is 2.89. The van der Waals surface area contributed by atoms with E-state index >= 15 is 0 Å². The number of aromatic nitrogens is 1. The van der Waals surface area contributed by atoms with Gasteiger partial charge in [-0.2, -0.15) is 0 Å². The number of benzene rings is 2. The first-order valence-electron chi connectivity index (χ1n) is 6.48. The van der Waals surface area contributed by atoms with E-state index < -0.39 is 5.76 Å². The predicted molar refractivity (Wildman–Crippen MR) is 80.9 cm³/mol. The highest BCUT2D eigenvalue weighted by Crippen LogP contribution is 2.19. The van der Waals surface area contributed by atoms with Crippen LogP contribution in [0.15, 0.2) is 57.8 Å². The Balaban J connectivity index is 1.78. The summed E-state index contributed by atoms with van der Waals surface area (Å²) in [6, 6.07) is 10.7. The number of hydrogen-bond donors (Lipinski definition) is 2. The third kappa shape index (κ3) is 2.95. The highest BCUT2D eigenvalue weighted by Gasteiger charge is 2.07. The zero-order valence-corrected chi connectivity index (χ0v) is 11.3. The molecule has 2 N–H and O–H groups in total. The lowest BCUT2D eigenvalue weighted by Crippen LogP contribution is -2.08. The van der Waals surface area contributed by atoms with Crippen LogP contribution in [0.4, 0.5) is 10.1 Å². The van der Waals surface area contributed by atoms with E-state index in [1.165, 1.54) is 18.2 Å². The van der Waals surface area contributed by atoms with Crippen LogP contribution in [-0.2, 0) is 4.79 Å². The third-order valence-electron chi connectivity index (χ3n) is 3.01. The van der Waals surface area contributed by atoms with Crippen LogP contribution in [0.1, 0.15) is 5.56 Å². The molecule has 22 heavy (non-hydrogen) atoms. The molecule has 0 radical (unpaired) electrons. The molecule has 1 amide bonds. The van der Waals surface area contributed by atoms with Crippen molar-refractivity contribution in [2.75, 3.05) is 5.32 Å². The lowest BCUT2D eigenvalue weighted by atomic mass is 10.2. The first-order chi connectivity index (χ1) is 10.6. The summed E-state index contributed by atoms with van der Waals surface area (Å²) < 4.78 is 17.7. The second-order valence-electron chi connectivity index (χ2n) is 4.57. The highest BCUT2D eigenvalue weighted by molar-refractivity contribution is 6.05. The molecule has 5 nitrogen and oxygen atoms in total. The van der Waals surface area contributed by atoms with Gasteiger partial charge in [-0.25, -0.2) is 9.18 Å². The van der Waals surface area contributed by atoms with Gasteiger partial charge < -0.3 is 9.73 Å². The summed E-state index contributed by atoms with van der Waals surface area (Å²) in [4.78, 5) is 25.6. The van der Waals surface area contributed by atoms with Crippen LogP contribution in [0.25, 0.3) is 17.2 Å². The average Bonchev–Trinajstić information content (AvgIpc) is 2.88. The minimum atomic E-state index is -0.585. The summed E-state index contributed by atoms with van der Waals surface area (Å²) in [5.74, 6) is -1.30. The molecule has 6 heteroatoms. The van der Waals surface area contributed by atoms with E-state index in [1.54, 1.807) is 36.4 Å². The fourth-order valence-electron chi connectivity index (χ4n) is 2.00. The maximum absolute atomic E-state index is 12.8. The molecule has 110 valence electrons. The van der Waals surface area contributed by atoms with Gasteiger partial charge in [0.25, 0.3) is 0 Å². The van der Waals surface area contributed by atoms with Crippen LogP contribution in [0.2, 0.25) is 0 Å². The van der Waals surface area contributed by atoms with Gasteiger partial charge in [0.05, 0.1) is 5.69 Å². The Morgan fingerprint density at radius 1 is 1.18 bits per heavy atom. The molecular formula is C16H11FN2O3. The van der Waals surface area contributed by atoms with Crippen molar-refractivity contribution in [1.29, 1.82) is 0 Å². The first kappa shape index (κ1) is 13.8. The molecule has 1 aromatic heterocycles. The molecule has 0 saturated carbocycles. The molecule has 0 aliphatic rings. The number of para-hydroxylation sites is 1. The number of carbonyl (C=O) groups excluding carboxylic acids is 1. The van der Waals surface area contributed by atoms with E-state index in [0.717, 1.165) is 0 Å². The van der Waals surface area contributed by atoms with Crippen molar-refractivity contribution in [2.24, 2.45) is 0 Å². The van der Waals surface area contributed by atoms with Crippen LogP contribution in [0, 0.1) is 5.82 Å². The Kier molecular flexibility index (Phi) is 3.57. The fraction of sp³-hybridized carbons (Fsp3) is 0. The Bertz CT molecular complexity index is 907. The summed E-state index contributed by atoms with van der Waals surface area (Å²) >= 11 is 0. The highest BCUT2D eigenvalue weighted by atomic mass is 19.1. The van der Waals surface area contributed by atoms with Gasteiger partial charge in [-0.3, -0.25) is 9.78 Å². The summed E-state index contributed by atoms with van der Waals surface area (Å²) in [5.41, 5.74) is 1.94. The van der Waals surface area contributed by atoms with Crippen molar-refractivity contribution in [3.05, 3.63) is 70.5 Å². The van der Waals surface area contributed by atoms with Crippen LogP contribution >= 0.6 is 0 Å². The van der Waals surface area contributed by atoms with Gasteiger partial charge in [0.2, 0.25) is 5.91 Å². The summed E-state index contributed by atoms with van der Waals surface area (Å²) in [6.45, 7) is 0. The van der Waals surface area contributed by atoms with E-state index in [-0.39, 0.29) is 11.7 Å². The van der Waals surface area contributed by atoms with E-state index in [9.17, 15) is 14.0 Å². The number of rotatable bonds is 3. The number of amides is 1. The molecule has 0 bridgehead atoms. The molecular weight excluding hydrogens is 287 g/mol. The Morgan fingerprint density at radius 2 is 1.95 bits per heavy atom. The van der Waals surface area contributed by atoms with Gasteiger partial charge in [-0.15, -0.1) is 0 Å². The summed E-state index contributed by atoms with van der Waals surface area (Å²) in [5, 5.41) is 2.65. The monoisotopic (exact) mass is 298 g/mol. The average molecular weight is 298 g/mol. The van der Waals surface area contributed by atoms with Crippen LogP contribution < -0.4 is 11.1 Å². The zero-order valence-electron chi connectivity index (χ0n) is 11.3. The number of nitrogens with one attached hydrogen (secondary N) is 2. The van der Waals surface area contributed by atoms with E-state index in [4.69, 9.17) is 4.42 Å². The summed E-state index contributed by atoms with van der Waals surface area (Å²) in [7, 11) is 0. The number of carbonyl (C=O) groups is 1. The van der Waals surface area contributed by atoms with Crippen LogP contribution in [0.3, 0.4) is 0 Å². The Morgan fingerprint density at radius 3 is 2.73 bits per heavy atom. The van der Waals surface area contributed by atoms with Gasteiger partial charge in [-0.1, -0.05) is 18.2 Å². The smallest absolute Gasteiger partial charge is 0.408 e. The lowest BCUT2D eigenvalue weighted by Gasteiger charge is -2.02. The molecule has 0 unspecified atom stereocenters. The maximum Gasteiger partial charge on any atom is 0.417 e. The van der Waals surface area contributed by atoms with Gasteiger partial charge in [0, 0.05) is 6.08 Å². The molecule has 0 fully saturated rings. The topological polar surface area (TPSA) is 75.1 Å². The van der Waals surface area contributed by atoms with Gasteiger partial charge in [0.1, 0.15) is 11.3 Å². The molecule has 0 aliphatic carbocycles. The standard InChI is InChI=1S/C16H11FN2O3/c17-11-7-4-10(5-8-11)6-9-14(20)18-12-2-1-3-13-15(12)19-16(21)22-13/h1-9H,(H,18,20)(H,19,21)/b9-6+. The molecule has 1 heterocycles. The van der Waals surface area contributed by atoms with Gasteiger partial charge in [0.15, 0.2) is 5.58 Å². The van der Waals surface area contributed by atoms with E-state index in [1.807, 2.05) is 0 Å². The van der Waals surface area contributed by atoms with Crippen molar-refractivity contribution in [1.82, 2.24) is 4.98 Å². The molecule has 0 aliphatic heterocycles. The SMILES string of the molecule is O=C(/C=C/c1ccc(F)cc1)Nc1cccc2oc(=O)[nH]c12. The number of H-pyrrole nitrogens is 1. The second-order valence-corrected chi connectivity index (χ2v) is 4.57. The molecule has 3 rings (SSSR count). The Hall–Kier alpha value is -3.15. The largest absolute Gasteiger partial charge is 0.417 e. The molecule has 2 aromatic carbocycles. The number of hydrogen-bond acceptors (Lipinski definition) is 3. The minimum Gasteiger partial charge on any atom is -0.408 e. The van der Waals surface area contributed by atoms with Crippen LogP contribution in [0.5, 0.6) is 0 Å². The predicted octanol–water partition coefficient (Wildman–Crippen LogP) is 2.91. The lowest BCUT2D eigenvalue weighted by molar-refractivity contribution is -0.111. The fourth-order valence-corrected chi connectivity index (χ4v) is 2.00. The van der Waals surface area contributed by atoms with Crippen molar-refractivity contribution < 1.29 is 13.6 Å². The van der Waals surface area contributed by atoms with Gasteiger partial charge in [-0.05, 0) is 35.9 Å². The van der Waals surface area contributed by atoms with E-state index in [0.29, 0.717) is 22.4 Å². The first-order valence-corrected chi connectivity index (χ1v) is 6.48. The molecule has 3 aromatic rings. The van der Waals surface area contributed by atoms with Crippen molar-refractivity contribution >= 4 is 28.8 Å². The van der Waals surface area contributed by atoms with Crippen molar-refractivity contribution in [3.8, 4) is 0 Å². The van der Waals surface area contributed by atoms with E-state index in [2.05, 4.69) is 10.3 Å². The number of aromatic amines is 1. The zero-order chi connectivity index (χ0) is 15.5. The maximum atomic E-state index is 12.8. The number of fused-ring (bicyclic) bond motifs is 1.